The third kappa shape index (κ3) is 2.82. The molecule has 1 N–H and O–H groups in total. The van der Waals surface area contributed by atoms with Gasteiger partial charge in [0.2, 0.25) is 0 Å². The van der Waals surface area contributed by atoms with Crippen LogP contribution in [0.5, 0.6) is 17.2 Å². The molecule has 0 atom stereocenters. The second-order valence-electron chi connectivity index (χ2n) is 6.46. The van der Waals surface area contributed by atoms with Gasteiger partial charge in [-0.05, 0) is 37.9 Å². The number of nitrogens with zero attached hydrogens (tertiary/aromatic N) is 2. The highest BCUT2D eigenvalue weighted by Crippen LogP contribution is 2.37. The molecule has 0 fully saturated rings. The van der Waals surface area contributed by atoms with Gasteiger partial charge in [-0.2, -0.15) is 5.10 Å². The number of aryl methyl sites for hydroxylation is 1. The Morgan fingerprint density at radius 3 is 2.75 bits per heavy atom. The van der Waals surface area contributed by atoms with Gasteiger partial charge in [-0.25, -0.2) is 0 Å². The molecular formula is C18H23N3O3. The molecule has 0 spiro atoms. The number of hydrogen-bond acceptors (Lipinski definition) is 5. The highest BCUT2D eigenvalue weighted by atomic mass is 16.6. The Balaban J connectivity index is 1.51. The Bertz CT molecular complexity index is 741. The lowest BCUT2D eigenvalue weighted by Gasteiger charge is -2.23. The van der Waals surface area contributed by atoms with Crippen molar-refractivity contribution >= 4 is 0 Å². The van der Waals surface area contributed by atoms with Crippen molar-refractivity contribution in [3.05, 3.63) is 34.6 Å². The summed E-state index contributed by atoms with van der Waals surface area (Å²) in [5, 5.41) is 7.67. The summed E-state index contributed by atoms with van der Waals surface area (Å²) in [5.74, 6) is 2.39. The minimum atomic E-state index is 0.583. The predicted molar refractivity (Wildman–Crippen MR) is 89.8 cm³/mol. The van der Waals surface area contributed by atoms with E-state index in [0.29, 0.717) is 13.2 Å². The third-order valence-electron chi connectivity index (χ3n) is 4.70. The van der Waals surface area contributed by atoms with E-state index in [4.69, 9.17) is 14.2 Å². The molecule has 0 radical (unpaired) electrons. The summed E-state index contributed by atoms with van der Waals surface area (Å²) in [6.07, 6.45) is 3.50. The van der Waals surface area contributed by atoms with Gasteiger partial charge in [0.05, 0.1) is 12.8 Å². The van der Waals surface area contributed by atoms with Crippen LogP contribution < -0.4 is 14.2 Å². The first-order valence-corrected chi connectivity index (χ1v) is 8.44. The molecule has 2 aromatic rings. The molecule has 0 saturated heterocycles. The van der Waals surface area contributed by atoms with Crippen LogP contribution in [-0.2, 0) is 25.9 Å². The van der Waals surface area contributed by atoms with Gasteiger partial charge in [-0.1, -0.05) is 0 Å². The first-order chi connectivity index (χ1) is 11.7. The zero-order valence-corrected chi connectivity index (χ0v) is 14.2. The number of hydrogen-bond donors (Lipinski definition) is 1. The smallest absolute Gasteiger partial charge is 0.165 e. The van der Waals surface area contributed by atoms with E-state index < -0.39 is 0 Å². The van der Waals surface area contributed by atoms with Gasteiger partial charge in [0, 0.05) is 30.4 Å². The van der Waals surface area contributed by atoms with Crippen molar-refractivity contribution in [3.8, 4) is 17.2 Å². The lowest BCUT2D eigenvalue weighted by molar-refractivity contribution is 0.170. The van der Waals surface area contributed by atoms with Crippen molar-refractivity contribution in [2.24, 2.45) is 0 Å². The van der Waals surface area contributed by atoms with Crippen LogP contribution in [-0.4, -0.2) is 42.5 Å². The molecule has 6 heteroatoms. The van der Waals surface area contributed by atoms with Crippen molar-refractivity contribution in [1.29, 1.82) is 0 Å². The van der Waals surface area contributed by atoms with Gasteiger partial charge in [0.1, 0.15) is 19.0 Å². The molecule has 24 heavy (non-hydrogen) atoms. The van der Waals surface area contributed by atoms with E-state index in [1.807, 2.05) is 12.1 Å². The Morgan fingerprint density at radius 2 is 1.96 bits per heavy atom. The predicted octanol–water partition coefficient (Wildman–Crippen LogP) is 2.31. The standard InChI is InChI=1S/C18H23N3O3/c1-21(11-15-13-4-3-5-14(13)19-20-15)10-12-8-17-18(9-16(12)22-2)24-7-6-23-17/h8-9H,3-7,10-11H2,1-2H3,(H,19,20). The number of fused-ring (bicyclic) bond motifs is 2. The molecule has 0 bridgehead atoms. The summed E-state index contributed by atoms with van der Waals surface area (Å²) in [7, 11) is 3.79. The fourth-order valence-electron chi connectivity index (χ4n) is 3.55. The molecule has 0 amide bonds. The highest BCUT2D eigenvalue weighted by Gasteiger charge is 2.21. The fourth-order valence-corrected chi connectivity index (χ4v) is 3.55. The molecule has 1 aliphatic carbocycles. The molecule has 6 nitrogen and oxygen atoms in total. The quantitative estimate of drug-likeness (QED) is 0.912. The van der Waals surface area contributed by atoms with Crippen LogP contribution in [0.2, 0.25) is 0 Å². The molecule has 1 aromatic heterocycles. The average molecular weight is 329 g/mol. The molecular weight excluding hydrogens is 306 g/mol. The van der Waals surface area contributed by atoms with Gasteiger partial charge < -0.3 is 14.2 Å². The Hall–Kier alpha value is -2.21. The number of rotatable bonds is 5. The number of benzene rings is 1. The van der Waals surface area contributed by atoms with Crippen molar-refractivity contribution in [2.45, 2.75) is 32.4 Å². The summed E-state index contributed by atoms with van der Waals surface area (Å²) < 4.78 is 16.9. The fraction of sp³-hybridized carbons (Fsp3) is 0.500. The molecule has 128 valence electrons. The second kappa shape index (κ2) is 6.36. The second-order valence-corrected chi connectivity index (χ2v) is 6.46. The summed E-state index contributed by atoms with van der Waals surface area (Å²) in [6, 6.07) is 3.95. The van der Waals surface area contributed by atoms with Crippen LogP contribution in [0, 0.1) is 0 Å². The number of H-pyrrole nitrogens is 1. The summed E-state index contributed by atoms with van der Waals surface area (Å²) in [4.78, 5) is 2.25. The van der Waals surface area contributed by atoms with E-state index in [9.17, 15) is 0 Å². The van der Waals surface area contributed by atoms with E-state index in [-0.39, 0.29) is 0 Å². The summed E-state index contributed by atoms with van der Waals surface area (Å²) >= 11 is 0. The molecule has 0 saturated carbocycles. The lowest BCUT2D eigenvalue weighted by atomic mass is 10.1. The van der Waals surface area contributed by atoms with Gasteiger partial charge >= 0.3 is 0 Å². The van der Waals surface area contributed by atoms with Crippen molar-refractivity contribution in [3.63, 3.8) is 0 Å². The van der Waals surface area contributed by atoms with Crippen LogP contribution in [0.15, 0.2) is 12.1 Å². The van der Waals surface area contributed by atoms with Gasteiger partial charge in [0.25, 0.3) is 0 Å². The van der Waals surface area contributed by atoms with Crippen LogP contribution >= 0.6 is 0 Å². The first kappa shape index (κ1) is 15.3. The monoisotopic (exact) mass is 329 g/mol. The number of aromatic amines is 1. The van der Waals surface area contributed by atoms with E-state index in [2.05, 4.69) is 22.1 Å². The molecule has 2 heterocycles. The number of aromatic nitrogens is 2. The Kier molecular flexibility index (Phi) is 4.06. The molecule has 1 aliphatic heterocycles. The van der Waals surface area contributed by atoms with E-state index in [1.165, 1.54) is 23.4 Å². The zero-order valence-electron chi connectivity index (χ0n) is 14.2. The SMILES string of the molecule is COc1cc2c(cc1CN(C)Cc1n[nH]c3c1CCC3)OCCO2. The van der Waals surface area contributed by atoms with Crippen molar-refractivity contribution in [1.82, 2.24) is 15.1 Å². The molecule has 1 aromatic carbocycles. The Labute approximate surface area is 141 Å². The van der Waals surface area contributed by atoms with Crippen molar-refractivity contribution in [2.75, 3.05) is 27.4 Å². The Morgan fingerprint density at radius 1 is 1.17 bits per heavy atom. The zero-order chi connectivity index (χ0) is 16.5. The van der Waals surface area contributed by atoms with E-state index in [0.717, 1.165) is 48.7 Å². The number of nitrogens with one attached hydrogen (secondary N) is 1. The lowest BCUT2D eigenvalue weighted by Crippen LogP contribution is -2.20. The molecule has 2 aliphatic rings. The highest BCUT2D eigenvalue weighted by molar-refractivity contribution is 5.51. The average Bonchev–Trinajstić information content (AvgIpc) is 3.19. The number of ether oxygens (including phenoxy) is 3. The maximum absolute atomic E-state index is 5.70. The largest absolute Gasteiger partial charge is 0.496 e. The minimum Gasteiger partial charge on any atom is -0.496 e. The van der Waals surface area contributed by atoms with Gasteiger partial charge in [-0.15, -0.1) is 0 Å². The third-order valence-corrected chi connectivity index (χ3v) is 4.70. The maximum Gasteiger partial charge on any atom is 0.165 e. The van der Waals surface area contributed by atoms with E-state index in [1.54, 1.807) is 7.11 Å². The van der Waals surface area contributed by atoms with Gasteiger partial charge in [0.15, 0.2) is 11.5 Å². The van der Waals surface area contributed by atoms with Gasteiger partial charge in [-0.3, -0.25) is 10.00 Å². The van der Waals surface area contributed by atoms with Crippen LogP contribution in [0.25, 0.3) is 0 Å². The first-order valence-electron chi connectivity index (χ1n) is 8.44. The maximum atomic E-state index is 5.70. The minimum absolute atomic E-state index is 0.583. The molecule has 0 unspecified atom stereocenters. The number of methoxy groups -OCH3 is 1. The summed E-state index contributed by atoms with van der Waals surface area (Å²) in [5.41, 5.74) is 4.99. The summed E-state index contributed by atoms with van der Waals surface area (Å²) in [6.45, 7) is 2.76. The normalized spacial score (nSPS) is 15.6. The topological polar surface area (TPSA) is 59.6 Å². The van der Waals surface area contributed by atoms with Crippen LogP contribution in [0.4, 0.5) is 0 Å². The van der Waals surface area contributed by atoms with Crippen LogP contribution in [0.3, 0.4) is 0 Å². The van der Waals surface area contributed by atoms with Crippen LogP contribution in [0.1, 0.15) is 28.9 Å². The van der Waals surface area contributed by atoms with Crippen molar-refractivity contribution < 1.29 is 14.2 Å². The van der Waals surface area contributed by atoms with E-state index >= 15 is 0 Å². The molecule has 4 rings (SSSR count).